The number of hydrogen-bond acceptors (Lipinski definition) is 5. The normalized spacial score (nSPS) is 22.4. The first-order valence-electron chi connectivity index (χ1n) is 6.79. The molecule has 114 valence electrons. The van der Waals surface area contributed by atoms with E-state index in [4.69, 9.17) is 5.73 Å². The average molecular weight is 294 g/mol. The minimum Gasteiger partial charge on any atom is -0.337 e. The predicted molar refractivity (Wildman–Crippen MR) is 72.8 cm³/mol. The molecule has 2 rings (SSSR count). The Balaban J connectivity index is 2.07. The SMILES string of the molecule is C=CCN1C(=O)C(=O)N(CC(=O)N2CCCC2CN)C1=O. The van der Waals surface area contributed by atoms with E-state index in [0.29, 0.717) is 18.0 Å². The molecule has 8 nitrogen and oxygen atoms in total. The molecule has 2 aliphatic rings. The first-order chi connectivity index (χ1) is 10.0. The van der Waals surface area contributed by atoms with Gasteiger partial charge in [0, 0.05) is 25.7 Å². The van der Waals surface area contributed by atoms with E-state index in [2.05, 4.69) is 6.58 Å². The van der Waals surface area contributed by atoms with Gasteiger partial charge in [-0.1, -0.05) is 6.08 Å². The highest BCUT2D eigenvalue weighted by molar-refractivity contribution is 6.45. The summed E-state index contributed by atoms with van der Waals surface area (Å²) in [6, 6.07) is -0.841. The maximum atomic E-state index is 12.2. The number of likely N-dealkylation sites (tertiary alicyclic amines) is 1. The summed E-state index contributed by atoms with van der Waals surface area (Å²) in [5, 5.41) is 0. The third-order valence-corrected chi connectivity index (χ3v) is 3.71. The second-order valence-electron chi connectivity index (χ2n) is 5.00. The van der Waals surface area contributed by atoms with E-state index in [-0.39, 0.29) is 18.5 Å². The van der Waals surface area contributed by atoms with Gasteiger partial charge in [0.1, 0.15) is 6.54 Å². The Morgan fingerprint density at radius 3 is 2.57 bits per heavy atom. The minimum atomic E-state index is -0.973. The molecule has 0 spiro atoms. The lowest BCUT2D eigenvalue weighted by Gasteiger charge is -2.25. The fourth-order valence-electron chi connectivity index (χ4n) is 2.62. The van der Waals surface area contributed by atoms with Gasteiger partial charge in [0.05, 0.1) is 0 Å². The Hall–Kier alpha value is -2.22. The van der Waals surface area contributed by atoms with E-state index in [9.17, 15) is 19.2 Å². The van der Waals surface area contributed by atoms with Gasteiger partial charge < -0.3 is 10.6 Å². The third-order valence-electron chi connectivity index (χ3n) is 3.71. The number of imide groups is 2. The van der Waals surface area contributed by atoms with E-state index < -0.39 is 24.4 Å². The fraction of sp³-hybridized carbons (Fsp3) is 0.538. The summed E-state index contributed by atoms with van der Waals surface area (Å²) in [4.78, 5) is 50.7. The first-order valence-corrected chi connectivity index (χ1v) is 6.79. The summed E-state index contributed by atoms with van der Waals surface area (Å²) >= 11 is 0. The van der Waals surface area contributed by atoms with Crippen molar-refractivity contribution in [3.8, 4) is 0 Å². The second-order valence-corrected chi connectivity index (χ2v) is 5.00. The molecular weight excluding hydrogens is 276 g/mol. The van der Waals surface area contributed by atoms with E-state index in [1.54, 1.807) is 4.90 Å². The number of carbonyl (C=O) groups is 4. The molecule has 0 aromatic heterocycles. The molecule has 0 aromatic rings. The van der Waals surface area contributed by atoms with Gasteiger partial charge >= 0.3 is 17.8 Å². The van der Waals surface area contributed by atoms with Crippen molar-refractivity contribution in [2.45, 2.75) is 18.9 Å². The molecule has 0 aliphatic carbocycles. The Kier molecular flexibility index (Phi) is 4.37. The number of rotatable bonds is 5. The molecule has 0 radical (unpaired) electrons. The predicted octanol–water partition coefficient (Wildman–Crippen LogP) is -1.09. The van der Waals surface area contributed by atoms with Crippen LogP contribution in [0.2, 0.25) is 0 Å². The average Bonchev–Trinajstić information content (AvgIpc) is 3.02. The van der Waals surface area contributed by atoms with Crippen molar-refractivity contribution in [3.63, 3.8) is 0 Å². The third kappa shape index (κ3) is 2.66. The van der Waals surface area contributed by atoms with Gasteiger partial charge in [0.15, 0.2) is 0 Å². The number of hydrogen-bond donors (Lipinski definition) is 1. The maximum Gasteiger partial charge on any atom is 0.335 e. The second kappa shape index (κ2) is 6.04. The molecule has 2 aliphatic heterocycles. The number of amides is 5. The summed E-state index contributed by atoms with van der Waals surface area (Å²) in [5.41, 5.74) is 5.59. The Morgan fingerprint density at radius 2 is 1.95 bits per heavy atom. The molecule has 2 saturated heterocycles. The molecule has 2 fully saturated rings. The Labute approximate surface area is 122 Å². The number of carbonyl (C=O) groups excluding carboxylic acids is 4. The highest BCUT2D eigenvalue weighted by Gasteiger charge is 2.45. The van der Waals surface area contributed by atoms with Crippen molar-refractivity contribution in [1.82, 2.24) is 14.7 Å². The van der Waals surface area contributed by atoms with Gasteiger partial charge in [-0.2, -0.15) is 0 Å². The highest BCUT2D eigenvalue weighted by Crippen LogP contribution is 2.18. The molecule has 2 N–H and O–H groups in total. The summed E-state index contributed by atoms with van der Waals surface area (Å²) in [7, 11) is 0. The topological polar surface area (TPSA) is 104 Å². The molecule has 8 heteroatoms. The lowest BCUT2D eigenvalue weighted by molar-refractivity contribution is -0.144. The lowest BCUT2D eigenvalue weighted by atomic mass is 10.2. The van der Waals surface area contributed by atoms with Crippen LogP contribution in [0.3, 0.4) is 0 Å². The Morgan fingerprint density at radius 1 is 1.29 bits per heavy atom. The molecular formula is C13H18N4O4. The quantitative estimate of drug-likeness (QED) is 0.394. The van der Waals surface area contributed by atoms with Crippen molar-refractivity contribution in [3.05, 3.63) is 12.7 Å². The first kappa shape index (κ1) is 15.2. The van der Waals surface area contributed by atoms with Crippen molar-refractivity contribution in [1.29, 1.82) is 0 Å². The molecule has 2 heterocycles. The van der Waals surface area contributed by atoms with Gasteiger partial charge in [0.2, 0.25) is 5.91 Å². The van der Waals surface area contributed by atoms with Gasteiger partial charge in [-0.05, 0) is 12.8 Å². The van der Waals surface area contributed by atoms with Crippen molar-refractivity contribution >= 4 is 23.8 Å². The number of urea groups is 1. The van der Waals surface area contributed by atoms with E-state index in [0.717, 1.165) is 17.7 Å². The fourth-order valence-corrected chi connectivity index (χ4v) is 2.62. The molecule has 0 aromatic carbocycles. The largest absolute Gasteiger partial charge is 0.337 e. The van der Waals surface area contributed by atoms with Gasteiger partial charge in [-0.25, -0.2) is 9.69 Å². The molecule has 1 atom stereocenters. The van der Waals surface area contributed by atoms with Crippen LogP contribution in [0.5, 0.6) is 0 Å². The van der Waals surface area contributed by atoms with Gasteiger partial charge in [-0.15, -0.1) is 6.58 Å². The van der Waals surface area contributed by atoms with Crippen molar-refractivity contribution in [2.75, 3.05) is 26.2 Å². The zero-order valence-electron chi connectivity index (χ0n) is 11.7. The summed E-state index contributed by atoms with van der Waals surface area (Å²) in [5.74, 6) is -2.26. The standard InChI is InChI=1S/C13H18N4O4/c1-2-5-16-11(19)12(20)17(13(16)21)8-10(18)15-6-3-4-9(15)7-14/h2,9H,1,3-8,14H2. The zero-order valence-corrected chi connectivity index (χ0v) is 11.7. The smallest absolute Gasteiger partial charge is 0.335 e. The van der Waals surface area contributed by atoms with Crippen LogP contribution in [-0.4, -0.2) is 70.7 Å². The molecule has 21 heavy (non-hydrogen) atoms. The van der Waals surface area contributed by atoms with E-state index in [1.807, 2.05) is 0 Å². The minimum absolute atomic E-state index is 0.0523. The van der Waals surface area contributed by atoms with Crippen LogP contribution in [0.15, 0.2) is 12.7 Å². The maximum absolute atomic E-state index is 12.2. The highest BCUT2D eigenvalue weighted by atomic mass is 16.2. The summed E-state index contributed by atoms with van der Waals surface area (Å²) in [6.07, 6.45) is 3.00. The van der Waals surface area contributed by atoms with Gasteiger partial charge in [0.25, 0.3) is 0 Å². The number of nitrogens with zero attached hydrogens (tertiary/aromatic N) is 3. The summed E-state index contributed by atoms with van der Waals surface area (Å²) in [6.45, 7) is 3.85. The molecule has 5 amide bonds. The van der Waals surface area contributed by atoms with Crippen LogP contribution < -0.4 is 5.73 Å². The monoisotopic (exact) mass is 294 g/mol. The van der Waals surface area contributed by atoms with Crippen LogP contribution >= 0.6 is 0 Å². The zero-order chi connectivity index (χ0) is 15.6. The van der Waals surface area contributed by atoms with Gasteiger partial charge in [-0.3, -0.25) is 19.3 Å². The van der Waals surface area contributed by atoms with Crippen molar-refractivity contribution in [2.24, 2.45) is 5.73 Å². The van der Waals surface area contributed by atoms with Crippen LogP contribution in [0.4, 0.5) is 4.79 Å². The molecule has 0 bridgehead atoms. The van der Waals surface area contributed by atoms with Crippen molar-refractivity contribution < 1.29 is 19.2 Å². The molecule has 0 saturated carbocycles. The van der Waals surface area contributed by atoms with Crippen LogP contribution in [-0.2, 0) is 14.4 Å². The van der Waals surface area contributed by atoms with Crippen LogP contribution in [0.25, 0.3) is 0 Å². The Bertz CT molecular complexity index is 504. The van der Waals surface area contributed by atoms with Crippen LogP contribution in [0.1, 0.15) is 12.8 Å². The number of nitrogens with two attached hydrogens (primary N) is 1. The van der Waals surface area contributed by atoms with E-state index >= 15 is 0 Å². The molecule has 1 unspecified atom stereocenters. The lowest BCUT2D eigenvalue weighted by Crippen LogP contribution is -2.47. The van der Waals surface area contributed by atoms with E-state index in [1.165, 1.54) is 6.08 Å². The van der Waals surface area contributed by atoms with Crippen LogP contribution in [0, 0.1) is 0 Å². The summed E-state index contributed by atoms with van der Waals surface area (Å²) < 4.78 is 0.